The zero-order chi connectivity index (χ0) is 13.2. The summed E-state index contributed by atoms with van der Waals surface area (Å²) in [5.41, 5.74) is 1.24. The van der Waals surface area contributed by atoms with E-state index in [1.165, 1.54) is 18.4 Å². The summed E-state index contributed by atoms with van der Waals surface area (Å²) in [6.45, 7) is 9.01. The van der Waals surface area contributed by atoms with E-state index in [0.29, 0.717) is 0 Å². The maximum Gasteiger partial charge on any atom is 0.0750 e. The van der Waals surface area contributed by atoms with Crippen molar-refractivity contribution >= 4 is 0 Å². The van der Waals surface area contributed by atoms with Gasteiger partial charge in [0.2, 0.25) is 0 Å². The van der Waals surface area contributed by atoms with Crippen LogP contribution in [0.2, 0.25) is 0 Å². The number of unbranched alkanes of at least 4 members (excludes halogenated alkanes) is 1. The van der Waals surface area contributed by atoms with Crippen LogP contribution in [0.4, 0.5) is 0 Å². The highest BCUT2D eigenvalue weighted by Crippen LogP contribution is 2.16. The van der Waals surface area contributed by atoms with Crippen LogP contribution in [0.25, 0.3) is 0 Å². The molecular formula is C15H29NO2. The number of hydrogen-bond acceptors (Lipinski definition) is 3. The Morgan fingerprint density at radius 2 is 2.00 bits per heavy atom. The van der Waals surface area contributed by atoms with Gasteiger partial charge in [-0.1, -0.05) is 32.8 Å². The van der Waals surface area contributed by atoms with Crippen LogP contribution in [0.5, 0.6) is 0 Å². The number of rotatable bonds is 8. The van der Waals surface area contributed by atoms with Gasteiger partial charge < -0.3 is 9.84 Å². The Morgan fingerprint density at radius 1 is 1.28 bits per heavy atom. The highest BCUT2D eigenvalue weighted by atomic mass is 16.5. The van der Waals surface area contributed by atoms with Gasteiger partial charge in [0.25, 0.3) is 0 Å². The fraction of sp³-hybridized carbons (Fsp3) is 0.867. The predicted molar refractivity (Wildman–Crippen MR) is 75.8 cm³/mol. The smallest absolute Gasteiger partial charge is 0.0750 e. The van der Waals surface area contributed by atoms with E-state index in [1.807, 2.05) is 0 Å². The summed E-state index contributed by atoms with van der Waals surface area (Å²) < 4.78 is 5.35. The van der Waals surface area contributed by atoms with Crippen LogP contribution in [0, 0.1) is 0 Å². The lowest BCUT2D eigenvalue weighted by molar-refractivity contribution is 0.0431. The number of aliphatic hydroxyl groups excluding tert-OH is 1. The summed E-state index contributed by atoms with van der Waals surface area (Å²) in [7, 11) is 0. The zero-order valence-electron chi connectivity index (χ0n) is 12.0. The lowest BCUT2D eigenvalue weighted by Crippen LogP contribution is -2.36. The largest absolute Gasteiger partial charge is 0.389 e. The summed E-state index contributed by atoms with van der Waals surface area (Å²) in [5, 5.41) is 10.2. The van der Waals surface area contributed by atoms with E-state index < -0.39 is 0 Å². The van der Waals surface area contributed by atoms with Crippen LogP contribution in [0.15, 0.2) is 11.6 Å². The molecule has 0 aromatic heterocycles. The second kappa shape index (κ2) is 9.54. The lowest BCUT2D eigenvalue weighted by atomic mass is 9.99. The first-order chi connectivity index (χ1) is 8.77. The van der Waals surface area contributed by atoms with Crippen molar-refractivity contribution in [1.29, 1.82) is 0 Å². The van der Waals surface area contributed by atoms with Gasteiger partial charge in [-0.15, -0.1) is 0 Å². The van der Waals surface area contributed by atoms with Crippen LogP contribution >= 0.6 is 0 Å². The fourth-order valence-corrected chi connectivity index (χ4v) is 2.27. The molecule has 0 aromatic carbocycles. The molecule has 1 saturated heterocycles. The molecule has 1 rings (SSSR count). The van der Waals surface area contributed by atoms with Gasteiger partial charge >= 0.3 is 0 Å². The van der Waals surface area contributed by atoms with Crippen molar-refractivity contribution in [3.05, 3.63) is 11.6 Å². The van der Waals surface area contributed by atoms with Crippen LogP contribution in [-0.2, 0) is 4.74 Å². The molecule has 0 spiro atoms. The van der Waals surface area contributed by atoms with Gasteiger partial charge in [-0.25, -0.2) is 0 Å². The molecule has 0 aromatic rings. The molecule has 0 amide bonds. The highest BCUT2D eigenvalue weighted by Gasteiger charge is 2.12. The Morgan fingerprint density at radius 3 is 2.61 bits per heavy atom. The summed E-state index contributed by atoms with van der Waals surface area (Å²) in [6.07, 6.45) is 7.36. The van der Waals surface area contributed by atoms with E-state index in [4.69, 9.17) is 4.74 Å². The van der Waals surface area contributed by atoms with Crippen LogP contribution in [0.1, 0.15) is 46.0 Å². The van der Waals surface area contributed by atoms with Crippen LogP contribution in [0.3, 0.4) is 0 Å². The standard InChI is InChI=1S/C15H29NO2/c1-3-5-7-14(15(17)6-4-2)8-9-16-10-12-18-13-11-16/h8,15,17H,3-7,9-13H2,1-2H3/b14-8-. The van der Waals surface area contributed by atoms with Crippen molar-refractivity contribution in [2.75, 3.05) is 32.8 Å². The van der Waals surface area contributed by atoms with Gasteiger partial charge in [0.15, 0.2) is 0 Å². The number of aliphatic hydroxyl groups is 1. The second-order valence-corrected chi connectivity index (χ2v) is 5.10. The van der Waals surface area contributed by atoms with Crippen LogP contribution < -0.4 is 0 Å². The molecule has 0 bridgehead atoms. The monoisotopic (exact) mass is 255 g/mol. The van der Waals surface area contributed by atoms with Crippen molar-refractivity contribution in [1.82, 2.24) is 4.90 Å². The minimum atomic E-state index is -0.234. The first-order valence-corrected chi connectivity index (χ1v) is 7.45. The third-order valence-corrected chi connectivity index (χ3v) is 3.52. The van der Waals surface area contributed by atoms with Crippen molar-refractivity contribution < 1.29 is 9.84 Å². The first-order valence-electron chi connectivity index (χ1n) is 7.45. The van der Waals surface area contributed by atoms with E-state index in [2.05, 4.69) is 24.8 Å². The summed E-state index contributed by atoms with van der Waals surface area (Å²) >= 11 is 0. The molecule has 0 aliphatic carbocycles. The van der Waals surface area contributed by atoms with E-state index in [-0.39, 0.29) is 6.10 Å². The Labute approximate surface area is 112 Å². The van der Waals surface area contributed by atoms with E-state index in [1.54, 1.807) is 0 Å². The fourth-order valence-electron chi connectivity index (χ4n) is 2.27. The molecule has 1 fully saturated rings. The third kappa shape index (κ3) is 5.98. The summed E-state index contributed by atoms with van der Waals surface area (Å²) in [4.78, 5) is 2.40. The Hall–Kier alpha value is -0.380. The molecule has 1 aliphatic rings. The van der Waals surface area contributed by atoms with E-state index in [0.717, 1.165) is 52.1 Å². The summed E-state index contributed by atoms with van der Waals surface area (Å²) in [6, 6.07) is 0. The van der Waals surface area contributed by atoms with Gasteiger partial charge in [-0.3, -0.25) is 4.90 Å². The number of morpholine rings is 1. The molecule has 106 valence electrons. The van der Waals surface area contributed by atoms with Gasteiger partial charge in [0.1, 0.15) is 0 Å². The molecule has 1 aliphatic heterocycles. The molecule has 3 heteroatoms. The van der Waals surface area contributed by atoms with Crippen LogP contribution in [-0.4, -0.2) is 49.0 Å². The molecule has 1 heterocycles. The maximum absolute atomic E-state index is 10.2. The van der Waals surface area contributed by atoms with Gasteiger partial charge in [0.05, 0.1) is 19.3 Å². The number of ether oxygens (including phenoxy) is 1. The van der Waals surface area contributed by atoms with Crippen molar-refractivity contribution in [2.24, 2.45) is 0 Å². The minimum absolute atomic E-state index is 0.234. The molecular weight excluding hydrogens is 226 g/mol. The zero-order valence-corrected chi connectivity index (χ0v) is 12.0. The SMILES string of the molecule is CCCC/C(=C/CN1CCOCC1)C(O)CCC. The van der Waals surface area contributed by atoms with Crippen molar-refractivity contribution in [2.45, 2.75) is 52.1 Å². The third-order valence-electron chi connectivity index (χ3n) is 3.52. The van der Waals surface area contributed by atoms with Crippen molar-refractivity contribution in [3.8, 4) is 0 Å². The molecule has 3 nitrogen and oxygen atoms in total. The topological polar surface area (TPSA) is 32.7 Å². The average molecular weight is 255 g/mol. The molecule has 1 unspecified atom stereocenters. The van der Waals surface area contributed by atoms with Gasteiger partial charge in [0, 0.05) is 19.6 Å². The Kier molecular flexibility index (Phi) is 8.31. The number of nitrogens with zero attached hydrogens (tertiary/aromatic N) is 1. The molecule has 18 heavy (non-hydrogen) atoms. The van der Waals surface area contributed by atoms with Crippen molar-refractivity contribution in [3.63, 3.8) is 0 Å². The Bertz CT molecular complexity index is 235. The summed E-state index contributed by atoms with van der Waals surface area (Å²) in [5.74, 6) is 0. The lowest BCUT2D eigenvalue weighted by Gasteiger charge is -2.26. The predicted octanol–water partition coefficient (Wildman–Crippen LogP) is 2.60. The second-order valence-electron chi connectivity index (χ2n) is 5.10. The van der Waals surface area contributed by atoms with E-state index in [9.17, 15) is 5.11 Å². The molecule has 0 radical (unpaired) electrons. The quantitative estimate of drug-likeness (QED) is 0.677. The normalized spacial score (nSPS) is 20.1. The maximum atomic E-state index is 10.2. The Balaban J connectivity index is 2.45. The molecule has 1 N–H and O–H groups in total. The highest BCUT2D eigenvalue weighted by molar-refractivity contribution is 5.09. The minimum Gasteiger partial charge on any atom is -0.389 e. The van der Waals surface area contributed by atoms with Gasteiger partial charge in [-0.05, 0) is 24.8 Å². The molecule has 1 atom stereocenters. The first kappa shape index (κ1) is 15.7. The average Bonchev–Trinajstić information content (AvgIpc) is 2.40. The molecule has 0 saturated carbocycles. The number of hydrogen-bond donors (Lipinski definition) is 1. The van der Waals surface area contributed by atoms with E-state index >= 15 is 0 Å². The van der Waals surface area contributed by atoms with Gasteiger partial charge in [-0.2, -0.15) is 0 Å².